The zero-order valence-corrected chi connectivity index (χ0v) is 15.5. The number of aryl methyl sites for hydroxylation is 1. The maximum atomic E-state index is 12.6. The SMILES string of the molecule is Cc1nc(C(=O)Nc2ccc(C(C)(C)C)cc2)cc(N2CCCC2)n1. The van der Waals surface area contributed by atoms with Crippen molar-refractivity contribution in [2.45, 2.75) is 46.0 Å². The molecule has 1 aromatic heterocycles. The Balaban J connectivity index is 1.76. The van der Waals surface area contributed by atoms with E-state index in [0.717, 1.165) is 24.6 Å². The summed E-state index contributed by atoms with van der Waals surface area (Å²) >= 11 is 0. The van der Waals surface area contributed by atoms with E-state index >= 15 is 0 Å². The van der Waals surface area contributed by atoms with Gasteiger partial charge in [0.2, 0.25) is 0 Å². The van der Waals surface area contributed by atoms with Crippen LogP contribution < -0.4 is 10.2 Å². The minimum absolute atomic E-state index is 0.0942. The van der Waals surface area contributed by atoms with Crippen LogP contribution in [0.25, 0.3) is 0 Å². The number of hydrogen-bond acceptors (Lipinski definition) is 4. The molecule has 0 spiro atoms. The fourth-order valence-electron chi connectivity index (χ4n) is 3.03. The molecule has 0 aliphatic carbocycles. The average molecular weight is 338 g/mol. The molecule has 0 atom stereocenters. The molecule has 2 aromatic rings. The molecule has 0 saturated carbocycles. The Hall–Kier alpha value is -2.43. The van der Waals surface area contributed by atoms with Crippen molar-refractivity contribution in [1.29, 1.82) is 0 Å². The third kappa shape index (κ3) is 4.16. The Kier molecular flexibility index (Phi) is 4.75. The van der Waals surface area contributed by atoms with Gasteiger partial charge < -0.3 is 10.2 Å². The van der Waals surface area contributed by atoms with Crippen LogP contribution in [0, 0.1) is 6.92 Å². The lowest BCUT2D eigenvalue weighted by atomic mass is 9.87. The molecule has 1 aliphatic rings. The Morgan fingerprint density at radius 3 is 2.32 bits per heavy atom. The first-order chi connectivity index (χ1) is 11.8. The van der Waals surface area contributed by atoms with Gasteiger partial charge in [-0.05, 0) is 42.9 Å². The highest BCUT2D eigenvalue weighted by Gasteiger charge is 2.18. The highest BCUT2D eigenvalue weighted by molar-refractivity contribution is 6.03. The molecule has 1 amide bonds. The summed E-state index contributed by atoms with van der Waals surface area (Å²) in [5.74, 6) is 1.27. The van der Waals surface area contributed by atoms with Gasteiger partial charge in [-0.2, -0.15) is 0 Å². The predicted molar refractivity (Wildman–Crippen MR) is 101 cm³/mol. The second-order valence-electron chi connectivity index (χ2n) is 7.63. The summed E-state index contributed by atoms with van der Waals surface area (Å²) < 4.78 is 0. The van der Waals surface area contributed by atoms with E-state index in [1.54, 1.807) is 6.07 Å². The highest BCUT2D eigenvalue weighted by atomic mass is 16.1. The van der Waals surface area contributed by atoms with Crippen molar-refractivity contribution in [1.82, 2.24) is 9.97 Å². The maximum Gasteiger partial charge on any atom is 0.274 e. The summed E-state index contributed by atoms with van der Waals surface area (Å²) in [6.07, 6.45) is 2.34. The summed E-state index contributed by atoms with van der Waals surface area (Å²) in [7, 11) is 0. The van der Waals surface area contributed by atoms with E-state index in [9.17, 15) is 4.79 Å². The van der Waals surface area contributed by atoms with E-state index in [1.165, 1.54) is 18.4 Å². The first-order valence-corrected chi connectivity index (χ1v) is 8.85. The summed E-state index contributed by atoms with van der Waals surface area (Å²) in [6, 6.07) is 9.77. The number of aromatic nitrogens is 2. The predicted octanol–water partition coefficient (Wildman–Crippen LogP) is 3.94. The lowest BCUT2D eigenvalue weighted by molar-refractivity contribution is 0.102. The molecule has 5 nitrogen and oxygen atoms in total. The van der Waals surface area contributed by atoms with Crippen LogP contribution in [0.5, 0.6) is 0 Å². The van der Waals surface area contributed by atoms with E-state index in [1.807, 2.05) is 19.1 Å². The Labute approximate surface area is 149 Å². The number of anilines is 2. The summed E-state index contributed by atoms with van der Waals surface area (Å²) in [5, 5.41) is 2.93. The molecule has 1 saturated heterocycles. The second kappa shape index (κ2) is 6.82. The standard InChI is InChI=1S/C20H26N4O/c1-14-21-17(13-18(22-14)24-11-5-6-12-24)19(25)23-16-9-7-15(8-10-16)20(2,3)4/h7-10,13H,5-6,11-12H2,1-4H3,(H,23,25). The molecular weight excluding hydrogens is 312 g/mol. The van der Waals surface area contributed by atoms with Crippen LogP contribution in [0.4, 0.5) is 11.5 Å². The Morgan fingerprint density at radius 2 is 1.72 bits per heavy atom. The van der Waals surface area contributed by atoms with Gasteiger partial charge in [0.25, 0.3) is 5.91 Å². The third-order valence-electron chi connectivity index (χ3n) is 4.50. The highest BCUT2D eigenvalue weighted by Crippen LogP contribution is 2.24. The van der Waals surface area contributed by atoms with Gasteiger partial charge in [0.1, 0.15) is 17.3 Å². The number of hydrogen-bond donors (Lipinski definition) is 1. The Bertz CT molecular complexity index is 756. The van der Waals surface area contributed by atoms with Crippen molar-refractivity contribution in [3.05, 3.63) is 47.4 Å². The van der Waals surface area contributed by atoms with E-state index in [2.05, 4.69) is 53.1 Å². The zero-order chi connectivity index (χ0) is 18.0. The van der Waals surface area contributed by atoms with Gasteiger partial charge >= 0.3 is 0 Å². The molecule has 0 bridgehead atoms. The van der Waals surface area contributed by atoms with Crippen LogP contribution in [0.2, 0.25) is 0 Å². The fraction of sp³-hybridized carbons (Fsp3) is 0.450. The molecule has 1 aliphatic heterocycles. The van der Waals surface area contributed by atoms with Crippen molar-refractivity contribution in [3.63, 3.8) is 0 Å². The summed E-state index contributed by atoms with van der Waals surface area (Å²) in [5.41, 5.74) is 2.52. The molecule has 5 heteroatoms. The lowest BCUT2D eigenvalue weighted by Gasteiger charge is -2.19. The average Bonchev–Trinajstić information content (AvgIpc) is 3.08. The van der Waals surface area contributed by atoms with Crippen LogP contribution in [0.15, 0.2) is 30.3 Å². The zero-order valence-electron chi connectivity index (χ0n) is 15.5. The van der Waals surface area contributed by atoms with Gasteiger partial charge in [-0.15, -0.1) is 0 Å². The van der Waals surface area contributed by atoms with Crippen LogP contribution in [-0.4, -0.2) is 29.0 Å². The van der Waals surface area contributed by atoms with Crippen LogP contribution in [0.1, 0.15) is 55.5 Å². The van der Waals surface area contributed by atoms with Gasteiger partial charge in [0.05, 0.1) is 0 Å². The fourth-order valence-corrected chi connectivity index (χ4v) is 3.03. The maximum absolute atomic E-state index is 12.6. The monoisotopic (exact) mass is 338 g/mol. The van der Waals surface area contributed by atoms with E-state index in [-0.39, 0.29) is 11.3 Å². The van der Waals surface area contributed by atoms with Gasteiger partial charge in [0, 0.05) is 24.8 Å². The number of nitrogens with zero attached hydrogens (tertiary/aromatic N) is 3. The van der Waals surface area contributed by atoms with Crippen LogP contribution in [0.3, 0.4) is 0 Å². The molecule has 25 heavy (non-hydrogen) atoms. The summed E-state index contributed by atoms with van der Waals surface area (Å²) in [6.45, 7) is 10.3. The van der Waals surface area contributed by atoms with Gasteiger partial charge in [0.15, 0.2) is 0 Å². The minimum atomic E-state index is -0.200. The Morgan fingerprint density at radius 1 is 1.08 bits per heavy atom. The van der Waals surface area contributed by atoms with E-state index in [4.69, 9.17) is 0 Å². The normalized spacial score (nSPS) is 14.6. The second-order valence-corrected chi connectivity index (χ2v) is 7.63. The molecule has 0 radical (unpaired) electrons. The molecule has 1 aromatic carbocycles. The molecule has 0 unspecified atom stereocenters. The number of benzene rings is 1. The lowest BCUT2D eigenvalue weighted by Crippen LogP contribution is -2.22. The topological polar surface area (TPSA) is 58.1 Å². The van der Waals surface area contributed by atoms with Crippen LogP contribution in [-0.2, 0) is 5.41 Å². The first kappa shape index (κ1) is 17.4. The van der Waals surface area contributed by atoms with Crippen LogP contribution >= 0.6 is 0 Å². The minimum Gasteiger partial charge on any atom is -0.356 e. The largest absolute Gasteiger partial charge is 0.356 e. The van der Waals surface area contributed by atoms with Crippen molar-refractivity contribution in [2.75, 3.05) is 23.3 Å². The van der Waals surface area contributed by atoms with Crippen molar-refractivity contribution in [3.8, 4) is 0 Å². The number of carbonyl (C=O) groups excluding carboxylic acids is 1. The van der Waals surface area contributed by atoms with Gasteiger partial charge in [-0.1, -0.05) is 32.9 Å². The number of nitrogens with one attached hydrogen (secondary N) is 1. The van der Waals surface area contributed by atoms with E-state index in [0.29, 0.717) is 11.5 Å². The molecule has 132 valence electrons. The van der Waals surface area contributed by atoms with Crippen molar-refractivity contribution < 1.29 is 4.79 Å². The molecule has 2 heterocycles. The van der Waals surface area contributed by atoms with Crippen molar-refractivity contribution in [2.24, 2.45) is 0 Å². The van der Waals surface area contributed by atoms with Gasteiger partial charge in [-0.3, -0.25) is 4.79 Å². The molecule has 3 rings (SSSR count). The smallest absolute Gasteiger partial charge is 0.274 e. The van der Waals surface area contributed by atoms with Gasteiger partial charge in [-0.25, -0.2) is 9.97 Å². The quantitative estimate of drug-likeness (QED) is 0.921. The number of carbonyl (C=O) groups is 1. The summed E-state index contributed by atoms with van der Waals surface area (Å²) in [4.78, 5) is 23.6. The number of rotatable bonds is 3. The first-order valence-electron chi connectivity index (χ1n) is 8.85. The van der Waals surface area contributed by atoms with Crippen molar-refractivity contribution >= 4 is 17.4 Å². The third-order valence-corrected chi connectivity index (χ3v) is 4.50. The molecule has 1 fully saturated rings. The number of amides is 1. The van der Waals surface area contributed by atoms with E-state index < -0.39 is 0 Å². The molecular formula is C20H26N4O. The molecule has 1 N–H and O–H groups in total.